The van der Waals surface area contributed by atoms with E-state index >= 15 is 0 Å². The third-order valence-electron chi connectivity index (χ3n) is 4.81. The van der Waals surface area contributed by atoms with Gasteiger partial charge < -0.3 is 4.90 Å². The minimum absolute atomic E-state index is 0.0141. The highest BCUT2D eigenvalue weighted by Crippen LogP contribution is 2.33. The Morgan fingerprint density at radius 1 is 1.27 bits per heavy atom. The molecule has 4 rings (SSSR count). The van der Waals surface area contributed by atoms with Crippen LogP contribution in [0.25, 0.3) is 22.0 Å². The number of fused-ring (bicyclic) bond motifs is 3. The van der Waals surface area contributed by atoms with E-state index in [4.69, 9.17) is 5.26 Å². The number of aromatic nitrogens is 1. The maximum atomic E-state index is 12.7. The summed E-state index contributed by atoms with van der Waals surface area (Å²) < 4.78 is 0. The average molecular weight is 339 g/mol. The van der Waals surface area contributed by atoms with Gasteiger partial charge in [0.2, 0.25) is 0 Å². The largest absolute Gasteiger partial charge is 0.329 e. The SMILES string of the molecule is C/C=C(\C#N)CN1Cc2c(ccc3ccc(-c4ccccn4)cc23)C1=O. The average Bonchev–Trinajstić information content (AvgIpc) is 3.02. The van der Waals surface area contributed by atoms with E-state index in [0.29, 0.717) is 18.7 Å². The van der Waals surface area contributed by atoms with Crippen molar-refractivity contribution >= 4 is 16.7 Å². The van der Waals surface area contributed by atoms with Gasteiger partial charge in [0, 0.05) is 29.4 Å². The first kappa shape index (κ1) is 16.0. The molecule has 1 amide bonds. The molecule has 0 N–H and O–H groups in total. The maximum absolute atomic E-state index is 12.7. The third-order valence-corrected chi connectivity index (χ3v) is 4.81. The summed E-state index contributed by atoms with van der Waals surface area (Å²) in [5.74, 6) is -0.0141. The number of nitrogens with zero attached hydrogens (tertiary/aromatic N) is 3. The van der Waals surface area contributed by atoms with Crippen LogP contribution in [-0.4, -0.2) is 22.3 Å². The fraction of sp³-hybridized carbons (Fsp3) is 0.136. The molecule has 1 aliphatic heterocycles. The molecule has 0 aliphatic carbocycles. The molecule has 0 fully saturated rings. The number of nitriles is 1. The normalized spacial score (nSPS) is 13.8. The van der Waals surface area contributed by atoms with Crippen molar-refractivity contribution in [1.29, 1.82) is 5.26 Å². The number of hydrogen-bond donors (Lipinski definition) is 0. The van der Waals surface area contributed by atoms with Gasteiger partial charge in [0.05, 0.1) is 18.3 Å². The molecule has 0 spiro atoms. The Kier molecular flexibility index (Phi) is 3.98. The van der Waals surface area contributed by atoms with Gasteiger partial charge in [-0.3, -0.25) is 9.78 Å². The summed E-state index contributed by atoms with van der Waals surface area (Å²) in [4.78, 5) is 18.9. The molecule has 0 saturated heterocycles. The van der Waals surface area contributed by atoms with E-state index in [1.54, 1.807) is 17.2 Å². The highest BCUT2D eigenvalue weighted by atomic mass is 16.2. The number of benzene rings is 2. The van der Waals surface area contributed by atoms with Gasteiger partial charge in [-0.05, 0) is 47.5 Å². The van der Waals surface area contributed by atoms with Gasteiger partial charge in [-0.25, -0.2) is 0 Å². The van der Waals surface area contributed by atoms with E-state index in [2.05, 4.69) is 29.3 Å². The van der Waals surface area contributed by atoms with E-state index in [-0.39, 0.29) is 5.91 Å². The van der Waals surface area contributed by atoms with Crippen LogP contribution >= 0.6 is 0 Å². The predicted molar refractivity (Wildman–Crippen MR) is 101 cm³/mol. The molecule has 4 heteroatoms. The van der Waals surface area contributed by atoms with Crippen LogP contribution in [0.3, 0.4) is 0 Å². The second-order valence-electron chi connectivity index (χ2n) is 6.33. The molecular formula is C22H17N3O. The molecule has 1 aliphatic rings. The lowest BCUT2D eigenvalue weighted by Crippen LogP contribution is -2.25. The highest BCUT2D eigenvalue weighted by Gasteiger charge is 2.29. The van der Waals surface area contributed by atoms with E-state index < -0.39 is 0 Å². The zero-order valence-electron chi connectivity index (χ0n) is 14.4. The predicted octanol–water partition coefficient (Wildman–Crippen LogP) is 4.33. The van der Waals surface area contributed by atoms with Gasteiger partial charge in [-0.1, -0.05) is 30.3 Å². The second kappa shape index (κ2) is 6.45. The summed E-state index contributed by atoms with van der Waals surface area (Å²) in [6.45, 7) is 2.69. The van der Waals surface area contributed by atoms with Crippen LogP contribution in [0.5, 0.6) is 0 Å². The van der Waals surface area contributed by atoms with Crippen molar-refractivity contribution in [2.24, 2.45) is 0 Å². The minimum atomic E-state index is -0.0141. The van der Waals surface area contributed by atoms with Crippen LogP contribution in [0.1, 0.15) is 22.8 Å². The standard InChI is InChI=1S/C22H17N3O/c1-2-15(12-23)13-25-14-20-18(22(25)26)9-8-16-6-7-17(11-19(16)20)21-5-3-4-10-24-21/h2-11H,13-14H2,1H3/b15-2+. The van der Waals surface area contributed by atoms with Gasteiger partial charge in [-0.2, -0.15) is 5.26 Å². The molecule has 0 unspecified atom stereocenters. The molecule has 3 aromatic rings. The van der Waals surface area contributed by atoms with Crippen LogP contribution in [0, 0.1) is 11.3 Å². The number of allylic oxidation sites excluding steroid dienone is 1. The molecule has 0 bridgehead atoms. The number of pyridine rings is 1. The van der Waals surface area contributed by atoms with Crippen LogP contribution < -0.4 is 0 Å². The molecule has 0 atom stereocenters. The number of carbonyl (C=O) groups excluding carboxylic acids is 1. The van der Waals surface area contributed by atoms with E-state index in [1.807, 2.05) is 37.3 Å². The Morgan fingerprint density at radius 3 is 2.85 bits per heavy atom. The van der Waals surface area contributed by atoms with Crippen molar-refractivity contribution in [2.75, 3.05) is 6.54 Å². The lowest BCUT2D eigenvalue weighted by Gasteiger charge is -2.14. The lowest BCUT2D eigenvalue weighted by atomic mass is 9.98. The van der Waals surface area contributed by atoms with Crippen molar-refractivity contribution in [3.63, 3.8) is 0 Å². The van der Waals surface area contributed by atoms with Crippen LogP contribution in [0.2, 0.25) is 0 Å². The first-order chi connectivity index (χ1) is 12.7. The molecule has 1 aromatic heterocycles. The van der Waals surface area contributed by atoms with Crippen LogP contribution in [-0.2, 0) is 6.54 Å². The van der Waals surface area contributed by atoms with Crippen LogP contribution in [0.15, 0.2) is 66.4 Å². The summed E-state index contributed by atoms with van der Waals surface area (Å²) in [5.41, 5.74) is 4.30. The number of rotatable bonds is 3. The number of carbonyl (C=O) groups is 1. The monoisotopic (exact) mass is 339 g/mol. The Balaban J connectivity index is 1.79. The summed E-state index contributed by atoms with van der Waals surface area (Å²) in [6.07, 6.45) is 3.54. The lowest BCUT2D eigenvalue weighted by molar-refractivity contribution is 0.0794. The first-order valence-corrected chi connectivity index (χ1v) is 8.53. The van der Waals surface area contributed by atoms with Crippen molar-refractivity contribution in [1.82, 2.24) is 9.88 Å². The summed E-state index contributed by atoms with van der Waals surface area (Å²) in [7, 11) is 0. The summed E-state index contributed by atoms with van der Waals surface area (Å²) in [5, 5.41) is 11.3. The van der Waals surface area contributed by atoms with Gasteiger partial charge >= 0.3 is 0 Å². The Labute approximate surface area is 152 Å². The van der Waals surface area contributed by atoms with Gasteiger partial charge in [-0.15, -0.1) is 0 Å². The van der Waals surface area contributed by atoms with Crippen molar-refractivity contribution in [3.8, 4) is 17.3 Å². The van der Waals surface area contributed by atoms with Gasteiger partial charge in [0.1, 0.15) is 0 Å². The maximum Gasteiger partial charge on any atom is 0.254 e. The molecule has 0 saturated carbocycles. The van der Waals surface area contributed by atoms with Crippen LogP contribution in [0.4, 0.5) is 0 Å². The fourth-order valence-corrected chi connectivity index (χ4v) is 3.40. The first-order valence-electron chi connectivity index (χ1n) is 8.53. The van der Waals surface area contributed by atoms with E-state index in [1.165, 1.54) is 0 Å². The number of hydrogen-bond acceptors (Lipinski definition) is 3. The van der Waals surface area contributed by atoms with Crippen molar-refractivity contribution in [2.45, 2.75) is 13.5 Å². The Bertz CT molecular complexity index is 1080. The number of amides is 1. The summed E-state index contributed by atoms with van der Waals surface area (Å²) in [6, 6.07) is 18.1. The van der Waals surface area contributed by atoms with E-state index in [0.717, 1.165) is 33.2 Å². The summed E-state index contributed by atoms with van der Waals surface area (Å²) >= 11 is 0. The topological polar surface area (TPSA) is 57.0 Å². The molecule has 26 heavy (non-hydrogen) atoms. The Hall–Kier alpha value is -3.45. The second-order valence-corrected chi connectivity index (χ2v) is 6.33. The Morgan fingerprint density at radius 2 is 2.12 bits per heavy atom. The van der Waals surface area contributed by atoms with Crippen molar-refractivity contribution < 1.29 is 4.79 Å². The van der Waals surface area contributed by atoms with Gasteiger partial charge in [0.25, 0.3) is 5.91 Å². The van der Waals surface area contributed by atoms with Gasteiger partial charge in [0.15, 0.2) is 0 Å². The minimum Gasteiger partial charge on any atom is -0.329 e. The van der Waals surface area contributed by atoms with E-state index in [9.17, 15) is 4.79 Å². The molecule has 0 radical (unpaired) electrons. The fourth-order valence-electron chi connectivity index (χ4n) is 3.40. The molecular weight excluding hydrogens is 322 g/mol. The molecule has 4 nitrogen and oxygen atoms in total. The molecule has 2 heterocycles. The van der Waals surface area contributed by atoms with Crippen molar-refractivity contribution in [3.05, 3.63) is 77.5 Å². The smallest absolute Gasteiger partial charge is 0.254 e. The molecule has 2 aromatic carbocycles. The molecule has 126 valence electrons. The highest BCUT2D eigenvalue weighted by molar-refractivity contribution is 6.05. The quantitative estimate of drug-likeness (QED) is 0.668. The third kappa shape index (κ3) is 2.64. The zero-order chi connectivity index (χ0) is 18.1. The zero-order valence-corrected chi connectivity index (χ0v) is 14.4.